The number of aromatic nitrogens is 4. The fraction of sp³-hybridized carbons (Fsp3) is 0.154. The van der Waals surface area contributed by atoms with Crippen molar-refractivity contribution in [1.82, 2.24) is 19.7 Å². The van der Waals surface area contributed by atoms with E-state index in [1.165, 1.54) is 13.2 Å². The molecule has 1 N–H and O–H groups in total. The predicted molar refractivity (Wildman–Crippen MR) is 89.3 cm³/mol. The first-order valence-electron chi connectivity index (χ1n) is 6.49. The number of ether oxygens (including phenoxy) is 1. The number of imidazole rings is 1. The number of rotatable bonds is 4. The fourth-order valence-electron chi connectivity index (χ4n) is 1.84. The van der Waals surface area contributed by atoms with Crippen molar-refractivity contribution in [3.63, 3.8) is 0 Å². The molecule has 0 aliphatic heterocycles. The van der Waals surface area contributed by atoms with Crippen LogP contribution >= 0.6 is 27.3 Å². The average molecular weight is 412 g/mol. The Morgan fingerprint density at radius 1 is 1.46 bits per heavy atom. The smallest absolute Gasteiger partial charge is 0.380 e. The molecule has 0 atom stereocenters. The van der Waals surface area contributed by atoms with E-state index in [0.717, 1.165) is 11.3 Å². The summed E-state index contributed by atoms with van der Waals surface area (Å²) in [4.78, 5) is 28.1. The van der Waals surface area contributed by atoms with E-state index in [9.17, 15) is 9.59 Å². The average Bonchev–Trinajstić information content (AvgIpc) is 3.15. The SMILES string of the molecule is COc1c(Br)cc(C(=O)Nc2nnc(-c3nccn3C)s2)oc1=O. The van der Waals surface area contributed by atoms with Crippen LogP contribution in [0.4, 0.5) is 5.13 Å². The number of halogens is 1. The minimum atomic E-state index is -0.761. The van der Waals surface area contributed by atoms with Crippen molar-refractivity contribution in [3.05, 3.63) is 39.1 Å². The predicted octanol–water partition coefficient (Wildman–Crippen LogP) is 1.92. The lowest BCUT2D eigenvalue weighted by atomic mass is 10.3. The monoisotopic (exact) mass is 411 g/mol. The van der Waals surface area contributed by atoms with E-state index in [0.29, 0.717) is 15.3 Å². The second kappa shape index (κ2) is 6.53. The lowest BCUT2D eigenvalue weighted by molar-refractivity contribution is 0.0991. The zero-order chi connectivity index (χ0) is 17.3. The summed E-state index contributed by atoms with van der Waals surface area (Å²) in [5, 5.41) is 11.2. The summed E-state index contributed by atoms with van der Waals surface area (Å²) in [6.07, 6.45) is 3.41. The topological polar surface area (TPSA) is 112 Å². The molecule has 24 heavy (non-hydrogen) atoms. The molecular weight excluding hydrogens is 402 g/mol. The number of nitrogens with zero attached hydrogens (tertiary/aromatic N) is 4. The van der Waals surface area contributed by atoms with Crippen LogP contribution in [-0.2, 0) is 7.05 Å². The standard InChI is InChI=1S/C13H10BrN5O4S/c1-19-4-3-15-9(19)11-17-18-13(24-11)16-10(20)7-5-6(14)8(22-2)12(21)23-7/h3-5H,1-2H3,(H,16,18,20). The van der Waals surface area contributed by atoms with Gasteiger partial charge < -0.3 is 13.7 Å². The summed E-state index contributed by atoms with van der Waals surface area (Å²) >= 11 is 4.30. The van der Waals surface area contributed by atoms with Crippen molar-refractivity contribution in [2.24, 2.45) is 7.05 Å². The highest BCUT2D eigenvalue weighted by molar-refractivity contribution is 9.10. The molecule has 1 amide bonds. The first-order chi connectivity index (χ1) is 11.5. The van der Waals surface area contributed by atoms with Gasteiger partial charge in [-0.2, -0.15) is 0 Å². The summed E-state index contributed by atoms with van der Waals surface area (Å²) < 4.78 is 11.9. The molecule has 0 bridgehead atoms. The number of nitrogens with one attached hydrogen (secondary N) is 1. The van der Waals surface area contributed by atoms with Gasteiger partial charge in [-0.1, -0.05) is 11.3 Å². The van der Waals surface area contributed by atoms with Crippen LogP contribution in [-0.4, -0.2) is 32.8 Å². The van der Waals surface area contributed by atoms with E-state index in [2.05, 4.69) is 36.4 Å². The van der Waals surface area contributed by atoms with Crippen LogP contribution in [0, 0.1) is 0 Å². The van der Waals surface area contributed by atoms with Gasteiger partial charge in [-0.25, -0.2) is 9.78 Å². The molecule has 0 aliphatic carbocycles. The minimum absolute atomic E-state index is 0.0143. The zero-order valence-electron chi connectivity index (χ0n) is 12.4. The maximum absolute atomic E-state index is 12.2. The third-order valence-electron chi connectivity index (χ3n) is 2.95. The van der Waals surface area contributed by atoms with E-state index in [4.69, 9.17) is 9.15 Å². The number of carbonyl (C=O) groups excluding carboxylic acids is 1. The molecule has 0 saturated heterocycles. The van der Waals surface area contributed by atoms with Gasteiger partial charge in [-0.15, -0.1) is 10.2 Å². The molecule has 124 valence electrons. The van der Waals surface area contributed by atoms with Gasteiger partial charge in [0, 0.05) is 25.5 Å². The highest BCUT2D eigenvalue weighted by atomic mass is 79.9. The van der Waals surface area contributed by atoms with Crippen LogP contribution in [0.3, 0.4) is 0 Å². The highest BCUT2D eigenvalue weighted by Crippen LogP contribution is 2.26. The summed E-state index contributed by atoms with van der Waals surface area (Å²) in [7, 11) is 3.16. The van der Waals surface area contributed by atoms with Gasteiger partial charge in [0.05, 0.1) is 11.6 Å². The first-order valence-corrected chi connectivity index (χ1v) is 8.10. The van der Waals surface area contributed by atoms with Crippen LogP contribution in [0.15, 0.2) is 32.1 Å². The molecule has 0 radical (unpaired) electrons. The maximum atomic E-state index is 12.2. The number of anilines is 1. The van der Waals surface area contributed by atoms with E-state index >= 15 is 0 Å². The molecule has 3 aromatic rings. The Morgan fingerprint density at radius 2 is 2.25 bits per heavy atom. The van der Waals surface area contributed by atoms with Gasteiger partial charge in [-0.3, -0.25) is 10.1 Å². The van der Waals surface area contributed by atoms with E-state index in [-0.39, 0.29) is 16.6 Å². The number of hydrogen-bond acceptors (Lipinski definition) is 8. The zero-order valence-corrected chi connectivity index (χ0v) is 14.8. The van der Waals surface area contributed by atoms with Crippen molar-refractivity contribution in [2.75, 3.05) is 12.4 Å². The van der Waals surface area contributed by atoms with Crippen LogP contribution in [0.1, 0.15) is 10.6 Å². The van der Waals surface area contributed by atoms with Crippen molar-refractivity contribution in [3.8, 4) is 16.6 Å². The van der Waals surface area contributed by atoms with Crippen molar-refractivity contribution in [1.29, 1.82) is 0 Å². The number of hydrogen-bond donors (Lipinski definition) is 1. The molecule has 11 heteroatoms. The normalized spacial score (nSPS) is 10.6. The van der Waals surface area contributed by atoms with Crippen LogP contribution in [0.5, 0.6) is 5.75 Å². The van der Waals surface area contributed by atoms with Gasteiger partial charge in [-0.05, 0) is 15.9 Å². The Morgan fingerprint density at radius 3 is 2.88 bits per heavy atom. The Kier molecular flexibility index (Phi) is 4.44. The summed E-state index contributed by atoms with van der Waals surface area (Å²) in [6, 6.07) is 1.34. The largest absolute Gasteiger partial charge is 0.489 e. The lowest BCUT2D eigenvalue weighted by Gasteiger charge is -2.03. The van der Waals surface area contributed by atoms with Crippen LogP contribution in [0.25, 0.3) is 10.8 Å². The molecule has 0 saturated carbocycles. The van der Waals surface area contributed by atoms with Gasteiger partial charge in [0.2, 0.25) is 10.9 Å². The molecule has 0 fully saturated rings. The second-order valence-corrected chi connectivity index (χ2v) is 6.34. The second-order valence-electron chi connectivity index (χ2n) is 4.51. The maximum Gasteiger partial charge on any atom is 0.380 e. The quantitative estimate of drug-likeness (QED) is 0.697. The molecule has 3 heterocycles. The third-order valence-corrected chi connectivity index (χ3v) is 4.37. The Labute approximate surface area is 147 Å². The molecule has 3 rings (SSSR count). The fourth-order valence-corrected chi connectivity index (χ4v) is 3.15. The molecule has 3 aromatic heterocycles. The Balaban J connectivity index is 1.82. The summed E-state index contributed by atoms with van der Waals surface area (Å²) in [5.41, 5.74) is -0.761. The minimum Gasteiger partial charge on any atom is -0.489 e. The number of amides is 1. The molecule has 0 unspecified atom stereocenters. The molecule has 0 aromatic carbocycles. The van der Waals surface area contributed by atoms with Gasteiger partial charge in [0.1, 0.15) is 0 Å². The van der Waals surface area contributed by atoms with E-state index < -0.39 is 11.5 Å². The molecule has 0 spiro atoms. The number of methoxy groups -OCH3 is 1. The van der Waals surface area contributed by atoms with E-state index in [1.54, 1.807) is 17.0 Å². The Bertz CT molecular complexity index is 963. The van der Waals surface area contributed by atoms with Crippen molar-refractivity contribution < 1.29 is 13.9 Å². The molecular formula is C13H10BrN5O4S. The van der Waals surface area contributed by atoms with Crippen molar-refractivity contribution in [2.45, 2.75) is 0 Å². The van der Waals surface area contributed by atoms with Gasteiger partial charge >= 0.3 is 5.63 Å². The first kappa shape index (κ1) is 16.3. The van der Waals surface area contributed by atoms with Crippen molar-refractivity contribution >= 4 is 38.3 Å². The highest BCUT2D eigenvalue weighted by Gasteiger charge is 2.18. The summed E-state index contributed by atoms with van der Waals surface area (Å²) in [6.45, 7) is 0. The molecule has 0 aliphatic rings. The van der Waals surface area contributed by atoms with Crippen LogP contribution in [0.2, 0.25) is 0 Å². The third kappa shape index (κ3) is 3.08. The number of carbonyl (C=O) groups is 1. The van der Waals surface area contributed by atoms with Gasteiger partial charge in [0.15, 0.2) is 16.6 Å². The Hall–Kier alpha value is -2.53. The van der Waals surface area contributed by atoms with Gasteiger partial charge in [0.25, 0.3) is 5.91 Å². The summed E-state index contributed by atoms with van der Waals surface area (Å²) in [5.74, 6) is -0.189. The van der Waals surface area contributed by atoms with E-state index in [1.807, 2.05) is 7.05 Å². The lowest BCUT2D eigenvalue weighted by Crippen LogP contribution is -2.15. The molecule has 9 nitrogen and oxygen atoms in total. The number of aryl methyl sites for hydroxylation is 1. The van der Waals surface area contributed by atoms with Crippen LogP contribution < -0.4 is 15.7 Å².